The normalized spacial score (nSPS) is 11.9. The van der Waals surface area contributed by atoms with E-state index in [1.54, 1.807) is 11.3 Å². The maximum Gasteiger partial charge on any atom is 0.141 e. The highest BCUT2D eigenvalue weighted by molar-refractivity contribution is 7.12. The summed E-state index contributed by atoms with van der Waals surface area (Å²) in [5, 5.41) is 3.25. The van der Waals surface area contributed by atoms with Crippen LogP contribution in [0.5, 0.6) is 0 Å². The molecule has 0 saturated carbocycles. The molecule has 0 amide bonds. The fraction of sp³-hybridized carbons (Fsp3) is 0.278. The minimum absolute atomic E-state index is 0. The minimum Gasteiger partial charge on any atom is -0.383 e. The van der Waals surface area contributed by atoms with Crippen molar-refractivity contribution in [1.82, 2.24) is 9.47 Å². The third-order valence-electron chi connectivity index (χ3n) is 3.79. The Balaban J connectivity index is 0.00000208. The molecule has 128 valence electrons. The van der Waals surface area contributed by atoms with Crippen LogP contribution in [0.1, 0.15) is 11.3 Å². The molecule has 0 bridgehead atoms. The van der Waals surface area contributed by atoms with Gasteiger partial charge in [0.15, 0.2) is 0 Å². The summed E-state index contributed by atoms with van der Waals surface area (Å²) < 4.78 is 2.29. The van der Waals surface area contributed by atoms with Crippen LogP contribution < -0.4 is 5.73 Å². The van der Waals surface area contributed by atoms with Crippen molar-refractivity contribution in [2.45, 2.75) is 13.0 Å². The molecule has 0 radical (unpaired) electrons. The average Bonchev–Trinajstić information content (AvgIpc) is 3.17. The number of aryl methyl sites for hydroxylation is 1. The highest BCUT2D eigenvalue weighted by Gasteiger charge is 2.04. The standard InChI is InChI=1S/C18H22N4S.ClH/c1-21(2)9-4-10-22-11-8-14-6-7-15(13-16(14)22)20-18(19)17-5-3-12-23-17;/h3,5-8,11-13H,4,9-10H2,1-2H3,(H2,19,20);1H. The molecule has 2 heterocycles. The zero-order valence-electron chi connectivity index (χ0n) is 14.0. The molecule has 1 aromatic carbocycles. The molecule has 2 aromatic heterocycles. The predicted octanol–water partition coefficient (Wildman–Crippen LogP) is 4.11. The van der Waals surface area contributed by atoms with Gasteiger partial charge >= 0.3 is 0 Å². The largest absolute Gasteiger partial charge is 0.383 e. The number of benzene rings is 1. The summed E-state index contributed by atoms with van der Waals surface area (Å²) in [7, 11) is 4.21. The first-order chi connectivity index (χ1) is 11.1. The van der Waals surface area contributed by atoms with Gasteiger partial charge in [-0.2, -0.15) is 0 Å². The highest BCUT2D eigenvalue weighted by atomic mass is 35.5. The number of nitrogens with two attached hydrogens (primary N) is 1. The predicted molar refractivity (Wildman–Crippen MR) is 107 cm³/mol. The van der Waals surface area contributed by atoms with Gasteiger partial charge in [-0.25, -0.2) is 4.99 Å². The van der Waals surface area contributed by atoms with Crippen molar-refractivity contribution < 1.29 is 0 Å². The maximum atomic E-state index is 6.09. The van der Waals surface area contributed by atoms with Crippen molar-refractivity contribution in [2.24, 2.45) is 10.7 Å². The molecule has 0 saturated heterocycles. The number of thiophene rings is 1. The fourth-order valence-electron chi connectivity index (χ4n) is 2.61. The SMILES string of the molecule is CN(C)CCCn1ccc2ccc(N=C(N)c3cccs3)cc21.Cl. The molecule has 0 fully saturated rings. The van der Waals surface area contributed by atoms with Gasteiger partial charge in [0.05, 0.1) is 16.1 Å². The summed E-state index contributed by atoms with van der Waals surface area (Å²) in [6.07, 6.45) is 3.28. The first-order valence-electron chi connectivity index (χ1n) is 7.75. The molecule has 0 aliphatic carbocycles. The molecule has 2 N–H and O–H groups in total. The van der Waals surface area contributed by atoms with Crippen molar-refractivity contribution in [3.63, 3.8) is 0 Å². The zero-order chi connectivity index (χ0) is 16.2. The lowest BCUT2D eigenvalue weighted by molar-refractivity contribution is 0.388. The lowest BCUT2D eigenvalue weighted by Crippen LogP contribution is -2.14. The number of aromatic nitrogens is 1. The smallest absolute Gasteiger partial charge is 0.141 e. The Kier molecular flexibility index (Phi) is 6.43. The van der Waals surface area contributed by atoms with Crippen LogP contribution in [0.25, 0.3) is 10.9 Å². The van der Waals surface area contributed by atoms with Crippen LogP contribution in [0.3, 0.4) is 0 Å². The fourth-order valence-corrected chi connectivity index (χ4v) is 3.24. The molecule has 3 aromatic rings. The average molecular weight is 363 g/mol. The van der Waals surface area contributed by atoms with Crippen molar-refractivity contribution >= 4 is 46.2 Å². The Hall–Kier alpha value is -1.82. The summed E-state index contributed by atoms with van der Waals surface area (Å²) in [5.74, 6) is 0.574. The molecule has 4 nitrogen and oxygen atoms in total. The van der Waals surface area contributed by atoms with Gasteiger partial charge in [-0.3, -0.25) is 0 Å². The topological polar surface area (TPSA) is 46.5 Å². The van der Waals surface area contributed by atoms with E-state index >= 15 is 0 Å². The number of hydrogen-bond donors (Lipinski definition) is 1. The number of hydrogen-bond acceptors (Lipinski definition) is 3. The molecule has 0 unspecified atom stereocenters. The van der Waals surface area contributed by atoms with Crippen molar-refractivity contribution in [3.05, 3.63) is 52.9 Å². The number of amidine groups is 1. The molecule has 0 spiro atoms. The summed E-state index contributed by atoms with van der Waals surface area (Å²) in [6.45, 7) is 2.10. The van der Waals surface area contributed by atoms with Crippen LogP contribution in [-0.2, 0) is 6.54 Å². The van der Waals surface area contributed by atoms with Gasteiger partial charge in [0.2, 0.25) is 0 Å². The van der Waals surface area contributed by atoms with Gasteiger partial charge in [0, 0.05) is 12.7 Å². The molecular formula is C18H23ClN4S. The van der Waals surface area contributed by atoms with E-state index < -0.39 is 0 Å². The van der Waals surface area contributed by atoms with Crippen LogP contribution >= 0.6 is 23.7 Å². The molecule has 0 aliphatic rings. The Morgan fingerprint density at radius 2 is 2.08 bits per heavy atom. The Morgan fingerprint density at radius 1 is 1.25 bits per heavy atom. The van der Waals surface area contributed by atoms with E-state index in [1.807, 2.05) is 23.6 Å². The van der Waals surface area contributed by atoms with E-state index in [9.17, 15) is 0 Å². The molecule has 0 atom stereocenters. The zero-order valence-corrected chi connectivity index (χ0v) is 15.6. The number of aliphatic imine (C=N–C) groups is 1. The highest BCUT2D eigenvalue weighted by Crippen LogP contribution is 2.23. The Bertz CT molecular complexity index is 806. The van der Waals surface area contributed by atoms with E-state index in [0.29, 0.717) is 5.84 Å². The number of nitrogens with zero attached hydrogens (tertiary/aromatic N) is 3. The van der Waals surface area contributed by atoms with Gasteiger partial charge in [0.25, 0.3) is 0 Å². The van der Waals surface area contributed by atoms with E-state index in [1.165, 1.54) is 10.9 Å². The third-order valence-corrected chi connectivity index (χ3v) is 4.68. The Morgan fingerprint density at radius 3 is 2.79 bits per heavy atom. The second-order valence-electron chi connectivity index (χ2n) is 5.88. The Labute approximate surface area is 153 Å². The third kappa shape index (κ3) is 4.38. The molecule has 24 heavy (non-hydrogen) atoms. The maximum absolute atomic E-state index is 6.09. The van der Waals surface area contributed by atoms with Gasteiger partial charge < -0.3 is 15.2 Å². The summed E-state index contributed by atoms with van der Waals surface area (Å²) >= 11 is 1.61. The van der Waals surface area contributed by atoms with Crippen LogP contribution in [-0.4, -0.2) is 35.9 Å². The van der Waals surface area contributed by atoms with Gasteiger partial charge in [-0.15, -0.1) is 23.7 Å². The monoisotopic (exact) mass is 362 g/mol. The summed E-state index contributed by atoms with van der Waals surface area (Å²) in [5.41, 5.74) is 8.20. The van der Waals surface area contributed by atoms with Gasteiger partial charge in [-0.1, -0.05) is 12.1 Å². The molecule has 0 aliphatic heterocycles. The molecule has 6 heteroatoms. The second kappa shape index (κ2) is 8.33. The van der Waals surface area contributed by atoms with Crippen molar-refractivity contribution in [3.8, 4) is 0 Å². The summed E-state index contributed by atoms with van der Waals surface area (Å²) in [4.78, 5) is 7.78. The van der Waals surface area contributed by atoms with Gasteiger partial charge in [0.1, 0.15) is 5.84 Å². The van der Waals surface area contributed by atoms with Crippen LogP contribution in [0.4, 0.5) is 5.69 Å². The first kappa shape index (κ1) is 18.5. The number of rotatable bonds is 6. The summed E-state index contributed by atoms with van der Waals surface area (Å²) in [6, 6.07) is 12.4. The van der Waals surface area contributed by atoms with E-state index in [2.05, 4.69) is 53.0 Å². The quantitative estimate of drug-likeness (QED) is 0.529. The van der Waals surface area contributed by atoms with Crippen LogP contribution in [0.2, 0.25) is 0 Å². The van der Waals surface area contributed by atoms with Crippen molar-refractivity contribution in [2.75, 3.05) is 20.6 Å². The van der Waals surface area contributed by atoms with E-state index in [0.717, 1.165) is 30.1 Å². The molecular weight excluding hydrogens is 340 g/mol. The van der Waals surface area contributed by atoms with Crippen LogP contribution in [0.15, 0.2) is 53.0 Å². The minimum atomic E-state index is 0. The van der Waals surface area contributed by atoms with E-state index in [-0.39, 0.29) is 12.4 Å². The lowest BCUT2D eigenvalue weighted by atomic mass is 10.2. The lowest BCUT2D eigenvalue weighted by Gasteiger charge is -2.10. The van der Waals surface area contributed by atoms with E-state index in [4.69, 9.17) is 5.73 Å². The number of halogens is 1. The number of fused-ring (bicyclic) bond motifs is 1. The van der Waals surface area contributed by atoms with Crippen molar-refractivity contribution in [1.29, 1.82) is 0 Å². The van der Waals surface area contributed by atoms with Crippen LogP contribution in [0, 0.1) is 0 Å². The van der Waals surface area contributed by atoms with Gasteiger partial charge in [-0.05, 0) is 62.1 Å². The second-order valence-corrected chi connectivity index (χ2v) is 6.83. The first-order valence-corrected chi connectivity index (χ1v) is 8.63. The molecule has 3 rings (SSSR count).